The number of hydrogen-bond acceptors (Lipinski definition) is 4. The number of hydrogen-bond donors (Lipinski definition) is 1. The van der Waals surface area contributed by atoms with Crippen LogP contribution in [0.5, 0.6) is 0 Å². The van der Waals surface area contributed by atoms with Crippen LogP contribution < -0.4 is 4.90 Å². The summed E-state index contributed by atoms with van der Waals surface area (Å²) in [6.07, 6.45) is 3.60. The van der Waals surface area contributed by atoms with Crippen LogP contribution in [-0.2, 0) is 6.61 Å². The van der Waals surface area contributed by atoms with Gasteiger partial charge in [-0.1, -0.05) is 6.92 Å². The van der Waals surface area contributed by atoms with Crippen LogP contribution in [0.4, 0.5) is 5.69 Å². The molecule has 0 saturated carbocycles. The van der Waals surface area contributed by atoms with Crippen molar-refractivity contribution in [2.75, 3.05) is 31.1 Å². The van der Waals surface area contributed by atoms with E-state index in [9.17, 15) is 5.11 Å². The van der Waals surface area contributed by atoms with E-state index in [-0.39, 0.29) is 6.61 Å². The molecule has 94 valence electrons. The van der Waals surface area contributed by atoms with E-state index in [2.05, 4.69) is 28.6 Å². The standard InChI is InChI=1S/C13H21N3O/c1-3-15-6-7-16(9-11(15)2)13-8-14-5-4-12(13)10-17/h4-5,8,11,17H,3,6-7,9-10H2,1-2H3. The summed E-state index contributed by atoms with van der Waals surface area (Å²) in [5, 5.41) is 9.35. The number of aliphatic hydroxyl groups excluding tert-OH is 1. The minimum atomic E-state index is 0.0836. The van der Waals surface area contributed by atoms with Crippen LogP contribution in [0.1, 0.15) is 19.4 Å². The first-order valence-electron chi connectivity index (χ1n) is 6.29. The summed E-state index contributed by atoms with van der Waals surface area (Å²) in [6, 6.07) is 2.45. The highest BCUT2D eigenvalue weighted by atomic mass is 16.3. The van der Waals surface area contributed by atoms with Crippen molar-refractivity contribution < 1.29 is 5.11 Å². The Balaban J connectivity index is 2.13. The van der Waals surface area contributed by atoms with Crippen molar-refractivity contribution in [2.45, 2.75) is 26.5 Å². The average Bonchev–Trinajstić information content (AvgIpc) is 2.38. The first-order valence-corrected chi connectivity index (χ1v) is 6.29. The van der Waals surface area contributed by atoms with Gasteiger partial charge in [-0.3, -0.25) is 9.88 Å². The van der Waals surface area contributed by atoms with E-state index >= 15 is 0 Å². The first kappa shape index (κ1) is 12.3. The molecule has 0 aliphatic carbocycles. The van der Waals surface area contributed by atoms with Gasteiger partial charge >= 0.3 is 0 Å². The van der Waals surface area contributed by atoms with Crippen LogP contribution in [0.15, 0.2) is 18.5 Å². The quantitative estimate of drug-likeness (QED) is 0.852. The lowest BCUT2D eigenvalue weighted by atomic mass is 10.1. The van der Waals surface area contributed by atoms with Gasteiger partial charge < -0.3 is 10.0 Å². The van der Waals surface area contributed by atoms with Crippen LogP contribution in [0.2, 0.25) is 0 Å². The van der Waals surface area contributed by atoms with E-state index in [1.807, 2.05) is 12.3 Å². The topological polar surface area (TPSA) is 39.6 Å². The van der Waals surface area contributed by atoms with Gasteiger partial charge in [0.05, 0.1) is 18.5 Å². The van der Waals surface area contributed by atoms with Gasteiger partial charge in [-0.15, -0.1) is 0 Å². The monoisotopic (exact) mass is 235 g/mol. The SMILES string of the molecule is CCN1CCN(c2cnccc2CO)CC1C. The molecule has 1 unspecified atom stereocenters. The molecule has 1 N–H and O–H groups in total. The lowest BCUT2D eigenvalue weighted by Gasteiger charge is -2.40. The van der Waals surface area contributed by atoms with Crippen molar-refractivity contribution in [3.63, 3.8) is 0 Å². The third kappa shape index (κ3) is 2.58. The normalized spacial score (nSPS) is 21.8. The minimum Gasteiger partial charge on any atom is -0.392 e. The highest BCUT2D eigenvalue weighted by Gasteiger charge is 2.23. The number of aliphatic hydroxyl groups is 1. The molecular formula is C13H21N3O. The molecule has 17 heavy (non-hydrogen) atoms. The third-order valence-electron chi connectivity index (χ3n) is 3.57. The molecule has 0 radical (unpaired) electrons. The van der Waals surface area contributed by atoms with Gasteiger partial charge in [-0.25, -0.2) is 0 Å². The molecule has 1 aliphatic heterocycles. The van der Waals surface area contributed by atoms with Gasteiger partial charge in [0, 0.05) is 37.4 Å². The zero-order valence-electron chi connectivity index (χ0n) is 10.6. The Kier molecular flexibility index (Phi) is 3.97. The predicted octanol–water partition coefficient (Wildman–Crippen LogP) is 1.10. The lowest BCUT2D eigenvalue weighted by molar-refractivity contribution is 0.199. The van der Waals surface area contributed by atoms with E-state index in [0.29, 0.717) is 6.04 Å². The first-order chi connectivity index (χ1) is 8.26. The molecule has 1 aromatic heterocycles. The molecule has 1 aliphatic rings. The summed E-state index contributed by atoms with van der Waals surface area (Å²) < 4.78 is 0. The van der Waals surface area contributed by atoms with Crippen LogP contribution in [-0.4, -0.2) is 47.2 Å². The van der Waals surface area contributed by atoms with Crippen molar-refractivity contribution in [1.82, 2.24) is 9.88 Å². The van der Waals surface area contributed by atoms with Crippen molar-refractivity contribution in [2.24, 2.45) is 0 Å². The Morgan fingerprint density at radius 2 is 2.29 bits per heavy atom. The van der Waals surface area contributed by atoms with E-state index in [0.717, 1.165) is 37.4 Å². The van der Waals surface area contributed by atoms with Gasteiger partial charge in [0.25, 0.3) is 0 Å². The zero-order valence-corrected chi connectivity index (χ0v) is 10.6. The van der Waals surface area contributed by atoms with Crippen molar-refractivity contribution in [3.05, 3.63) is 24.0 Å². The smallest absolute Gasteiger partial charge is 0.0703 e. The summed E-state index contributed by atoms with van der Waals surface area (Å²) in [4.78, 5) is 8.97. The van der Waals surface area contributed by atoms with E-state index < -0.39 is 0 Å². The second-order valence-corrected chi connectivity index (χ2v) is 4.59. The average molecular weight is 235 g/mol. The van der Waals surface area contributed by atoms with Gasteiger partial charge in [0.2, 0.25) is 0 Å². The Hall–Kier alpha value is -1.13. The van der Waals surface area contributed by atoms with Gasteiger partial charge in [-0.05, 0) is 19.5 Å². The second kappa shape index (κ2) is 5.47. The Morgan fingerprint density at radius 3 is 2.94 bits per heavy atom. The van der Waals surface area contributed by atoms with Crippen LogP contribution in [0, 0.1) is 0 Å². The molecule has 2 rings (SSSR count). The van der Waals surface area contributed by atoms with Crippen molar-refractivity contribution in [1.29, 1.82) is 0 Å². The highest BCUT2D eigenvalue weighted by molar-refractivity contribution is 5.52. The molecular weight excluding hydrogens is 214 g/mol. The van der Waals surface area contributed by atoms with E-state index in [1.54, 1.807) is 6.20 Å². The third-order valence-corrected chi connectivity index (χ3v) is 3.57. The Morgan fingerprint density at radius 1 is 1.47 bits per heavy atom. The summed E-state index contributed by atoms with van der Waals surface area (Å²) in [5.41, 5.74) is 2.05. The molecule has 2 heterocycles. The van der Waals surface area contributed by atoms with E-state index in [1.165, 1.54) is 0 Å². The maximum absolute atomic E-state index is 9.35. The Bertz CT molecular complexity index is 369. The summed E-state index contributed by atoms with van der Waals surface area (Å²) in [6.45, 7) is 8.75. The van der Waals surface area contributed by atoms with Crippen molar-refractivity contribution in [3.8, 4) is 0 Å². The van der Waals surface area contributed by atoms with E-state index in [4.69, 9.17) is 0 Å². The maximum atomic E-state index is 9.35. The molecule has 1 atom stereocenters. The number of aromatic nitrogens is 1. The second-order valence-electron chi connectivity index (χ2n) is 4.59. The minimum absolute atomic E-state index is 0.0836. The number of pyridine rings is 1. The zero-order chi connectivity index (χ0) is 12.3. The number of anilines is 1. The largest absolute Gasteiger partial charge is 0.392 e. The molecule has 1 fully saturated rings. The fraction of sp³-hybridized carbons (Fsp3) is 0.615. The van der Waals surface area contributed by atoms with Crippen molar-refractivity contribution >= 4 is 5.69 Å². The summed E-state index contributed by atoms with van der Waals surface area (Å²) in [5.74, 6) is 0. The van der Waals surface area contributed by atoms with Gasteiger partial charge in [0.1, 0.15) is 0 Å². The number of nitrogens with zero attached hydrogens (tertiary/aromatic N) is 3. The molecule has 0 bridgehead atoms. The molecule has 0 aromatic carbocycles. The summed E-state index contributed by atoms with van der Waals surface area (Å²) >= 11 is 0. The number of piperazine rings is 1. The summed E-state index contributed by atoms with van der Waals surface area (Å²) in [7, 11) is 0. The lowest BCUT2D eigenvalue weighted by Crippen LogP contribution is -2.52. The highest BCUT2D eigenvalue weighted by Crippen LogP contribution is 2.22. The molecule has 0 spiro atoms. The Labute approximate surface area is 103 Å². The fourth-order valence-electron chi connectivity index (χ4n) is 2.52. The molecule has 1 saturated heterocycles. The number of rotatable bonds is 3. The fourth-order valence-corrected chi connectivity index (χ4v) is 2.52. The maximum Gasteiger partial charge on any atom is 0.0703 e. The molecule has 1 aromatic rings. The van der Waals surface area contributed by atoms with Crippen LogP contribution >= 0.6 is 0 Å². The molecule has 4 heteroatoms. The van der Waals surface area contributed by atoms with Crippen LogP contribution in [0.25, 0.3) is 0 Å². The number of likely N-dealkylation sites (N-methyl/N-ethyl adjacent to an activating group) is 1. The molecule has 4 nitrogen and oxygen atoms in total. The van der Waals surface area contributed by atoms with Gasteiger partial charge in [-0.2, -0.15) is 0 Å². The van der Waals surface area contributed by atoms with Gasteiger partial charge in [0.15, 0.2) is 0 Å². The van der Waals surface area contributed by atoms with Crippen LogP contribution in [0.3, 0.4) is 0 Å². The predicted molar refractivity (Wildman–Crippen MR) is 69.1 cm³/mol. The molecule has 0 amide bonds.